The smallest absolute Gasteiger partial charge is 0.288 e. The average Bonchev–Trinajstić information content (AvgIpc) is 2.83. The predicted octanol–water partition coefficient (Wildman–Crippen LogP) is 2.72. The van der Waals surface area contributed by atoms with Crippen LogP contribution in [0.4, 0.5) is 11.4 Å². The van der Waals surface area contributed by atoms with Crippen molar-refractivity contribution in [2.24, 2.45) is 0 Å². The van der Waals surface area contributed by atoms with Crippen LogP contribution in [-0.2, 0) is 24.1 Å². The Morgan fingerprint density at radius 1 is 1.15 bits per heavy atom. The van der Waals surface area contributed by atoms with Crippen LogP contribution in [-0.4, -0.2) is 51.0 Å². The Kier molecular flexibility index (Phi) is 7.50. The molecule has 1 aliphatic carbocycles. The van der Waals surface area contributed by atoms with Gasteiger partial charge in [-0.15, -0.1) is 0 Å². The van der Waals surface area contributed by atoms with Crippen LogP contribution in [0.2, 0.25) is 0 Å². The number of nitrogens with zero attached hydrogens (tertiary/aromatic N) is 1. The summed E-state index contributed by atoms with van der Waals surface area (Å²) in [4.78, 5) is 20.7. The van der Waals surface area contributed by atoms with E-state index in [-0.39, 0.29) is 12.3 Å². The predicted molar refractivity (Wildman–Crippen MR) is 126 cm³/mol. The molecule has 2 unspecified atom stereocenters. The topological polar surface area (TPSA) is 137 Å². The van der Waals surface area contributed by atoms with Crippen molar-refractivity contribution in [3.05, 3.63) is 88.2 Å². The number of methoxy groups -OCH3 is 2. The summed E-state index contributed by atoms with van der Waals surface area (Å²) in [6.45, 7) is 1.59. The first-order valence-corrected chi connectivity index (χ1v) is 11.7. The van der Waals surface area contributed by atoms with Gasteiger partial charge >= 0.3 is 0 Å². The van der Waals surface area contributed by atoms with Gasteiger partial charge in [0.05, 0.1) is 24.6 Å². The van der Waals surface area contributed by atoms with Crippen molar-refractivity contribution in [1.82, 2.24) is 5.32 Å². The minimum absolute atomic E-state index is 0.187. The van der Waals surface area contributed by atoms with Crippen molar-refractivity contribution in [1.29, 1.82) is 0 Å². The first kappa shape index (κ1) is 25.1. The average molecular weight is 488 g/mol. The third-order valence-corrected chi connectivity index (χ3v) is 7.76. The lowest BCUT2D eigenvalue weighted by atomic mass is 10.0. The van der Waals surface area contributed by atoms with Gasteiger partial charge < -0.3 is 14.8 Å². The van der Waals surface area contributed by atoms with Gasteiger partial charge in [0.15, 0.2) is 0 Å². The van der Waals surface area contributed by atoms with E-state index in [9.17, 15) is 23.3 Å². The number of rotatable bonds is 9. The Bertz CT molecular complexity index is 1260. The number of para-hydroxylation sites is 2. The third kappa shape index (κ3) is 4.72. The van der Waals surface area contributed by atoms with Crippen LogP contribution in [0.5, 0.6) is 0 Å². The largest absolute Gasteiger partial charge is 0.497 e. The van der Waals surface area contributed by atoms with Crippen molar-refractivity contribution in [3.63, 3.8) is 0 Å². The van der Waals surface area contributed by atoms with E-state index in [1.165, 1.54) is 44.6 Å². The Morgan fingerprint density at radius 3 is 2.47 bits per heavy atom. The summed E-state index contributed by atoms with van der Waals surface area (Å²) >= 11 is 0. The van der Waals surface area contributed by atoms with Gasteiger partial charge in [0.2, 0.25) is 20.7 Å². The van der Waals surface area contributed by atoms with Gasteiger partial charge in [0.25, 0.3) is 5.69 Å². The Hall–Kier alpha value is -3.54. The van der Waals surface area contributed by atoms with Gasteiger partial charge in [-0.05, 0) is 30.7 Å². The first-order valence-electron chi connectivity index (χ1n) is 10.2. The molecule has 11 heteroatoms. The molecule has 1 amide bonds. The van der Waals surface area contributed by atoms with Crippen LogP contribution in [0.3, 0.4) is 0 Å². The molecule has 1 aliphatic rings. The molecule has 2 N–H and O–H groups in total. The molecule has 34 heavy (non-hydrogen) atoms. The fourth-order valence-corrected chi connectivity index (χ4v) is 5.66. The van der Waals surface area contributed by atoms with E-state index in [1.807, 2.05) is 19.1 Å². The minimum atomic E-state index is -4.52. The fourth-order valence-electron chi connectivity index (χ4n) is 3.66. The molecular weight excluding hydrogens is 462 g/mol. The van der Waals surface area contributed by atoms with Crippen molar-refractivity contribution < 1.29 is 27.6 Å². The molecule has 0 aromatic heterocycles. The van der Waals surface area contributed by atoms with Gasteiger partial charge in [-0.25, -0.2) is 8.42 Å². The number of carbonyl (C=O) groups is 1. The summed E-state index contributed by atoms with van der Waals surface area (Å²) in [6, 6.07) is 11.2. The molecule has 0 fully saturated rings. The number of benzene rings is 2. The maximum absolute atomic E-state index is 13.8. The third-order valence-electron chi connectivity index (χ3n) is 5.46. The second-order valence-electron chi connectivity index (χ2n) is 7.49. The number of ether oxygens (including phenoxy) is 2. The Labute approximate surface area is 197 Å². The summed E-state index contributed by atoms with van der Waals surface area (Å²) in [5.74, 6) is -0.219. The molecule has 0 radical (unpaired) electrons. The van der Waals surface area contributed by atoms with Crippen LogP contribution < -0.4 is 10.6 Å². The molecule has 2 atom stereocenters. The van der Waals surface area contributed by atoms with Gasteiger partial charge in [-0.1, -0.05) is 36.4 Å². The SMILES string of the molecule is COC1=CC(OC)(S(=O)(=O)c2ccccc2[N+](=O)[O-])C(NCC(=O)Nc2ccccc2C)C=C1. The summed E-state index contributed by atoms with van der Waals surface area (Å²) in [6.07, 6.45) is 4.24. The number of nitrogens with one attached hydrogen (secondary N) is 2. The van der Waals surface area contributed by atoms with E-state index in [2.05, 4.69) is 10.6 Å². The van der Waals surface area contributed by atoms with Gasteiger partial charge in [-0.3, -0.25) is 20.2 Å². The van der Waals surface area contributed by atoms with Crippen LogP contribution >= 0.6 is 0 Å². The maximum atomic E-state index is 13.8. The zero-order valence-corrected chi connectivity index (χ0v) is 19.7. The van der Waals surface area contributed by atoms with Crippen LogP contribution in [0.1, 0.15) is 5.56 Å². The molecule has 0 spiro atoms. The highest BCUT2D eigenvalue weighted by atomic mass is 32.2. The number of allylic oxidation sites excluding steroid dienone is 1. The van der Waals surface area contributed by atoms with Gasteiger partial charge in [0.1, 0.15) is 10.7 Å². The number of nitro groups is 1. The second-order valence-corrected chi connectivity index (χ2v) is 9.57. The number of anilines is 1. The minimum Gasteiger partial charge on any atom is -0.497 e. The highest BCUT2D eigenvalue weighted by Gasteiger charge is 2.53. The molecule has 2 aromatic carbocycles. The number of carbonyl (C=O) groups excluding carboxylic acids is 1. The second kappa shape index (κ2) is 10.2. The quantitative estimate of drug-likeness (QED) is 0.407. The normalized spacial score (nSPS) is 19.9. The molecule has 3 rings (SSSR count). The van der Waals surface area contributed by atoms with E-state index in [0.717, 1.165) is 17.7 Å². The van der Waals surface area contributed by atoms with Crippen LogP contribution in [0, 0.1) is 17.0 Å². The lowest BCUT2D eigenvalue weighted by Gasteiger charge is -2.37. The molecule has 0 saturated carbocycles. The maximum Gasteiger partial charge on any atom is 0.288 e. The molecule has 0 aliphatic heterocycles. The van der Waals surface area contributed by atoms with Crippen LogP contribution in [0.25, 0.3) is 0 Å². The lowest BCUT2D eigenvalue weighted by molar-refractivity contribution is -0.387. The molecule has 180 valence electrons. The molecule has 0 saturated heterocycles. The van der Waals surface area contributed by atoms with Gasteiger partial charge in [0, 0.05) is 24.9 Å². The molecule has 10 nitrogen and oxygen atoms in total. The van der Waals surface area contributed by atoms with Crippen molar-refractivity contribution in [2.75, 3.05) is 26.1 Å². The van der Waals surface area contributed by atoms with E-state index in [4.69, 9.17) is 9.47 Å². The molecule has 0 bridgehead atoms. The van der Waals surface area contributed by atoms with Crippen molar-refractivity contribution in [2.45, 2.75) is 22.8 Å². The van der Waals surface area contributed by atoms with E-state index >= 15 is 0 Å². The first-order chi connectivity index (χ1) is 16.2. The summed E-state index contributed by atoms with van der Waals surface area (Å²) in [5.41, 5.74) is 0.906. The zero-order chi connectivity index (χ0) is 24.9. The highest BCUT2D eigenvalue weighted by molar-refractivity contribution is 7.93. The van der Waals surface area contributed by atoms with Gasteiger partial charge in [-0.2, -0.15) is 0 Å². The fraction of sp³-hybridized carbons (Fsp3) is 0.261. The van der Waals surface area contributed by atoms with E-state index in [1.54, 1.807) is 12.1 Å². The number of aryl methyl sites for hydroxylation is 1. The summed E-state index contributed by atoms with van der Waals surface area (Å²) in [7, 11) is -1.98. The number of hydrogen-bond donors (Lipinski definition) is 2. The Morgan fingerprint density at radius 2 is 1.82 bits per heavy atom. The highest BCUT2D eigenvalue weighted by Crippen LogP contribution is 2.39. The van der Waals surface area contributed by atoms with Crippen LogP contribution in [0.15, 0.2) is 77.4 Å². The zero-order valence-electron chi connectivity index (χ0n) is 18.8. The number of nitro benzene ring substituents is 1. The van der Waals surface area contributed by atoms with E-state index < -0.39 is 42.2 Å². The molecule has 2 aromatic rings. The lowest BCUT2D eigenvalue weighted by Crippen LogP contribution is -2.57. The number of amides is 1. The monoisotopic (exact) mass is 487 g/mol. The Balaban J connectivity index is 1.96. The van der Waals surface area contributed by atoms with E-state index in [0.29, 0.717) is 5.69 Å². The van der Waals surface area contributed by atoms with Crippen molar-refractivity contribution in [3.8, 4) is 0 Å². The summed E-state index contributed by atoms with van der Waals surface area (Å²) < 4.78 is 38.4. The molecular formula is C23H25N3O7S. The molecule has 0 heterocycles. The standard InChI is InChI=1S/C23H25N3O7S/c1-16-8-4-5-9-18(16)25-22(27)15-24-21-13-12-17(32-2)14-23(21,33-3)34(30,31)20-11-7-6-10-19(20)26(28)29/h4-14,21,24H,15H2,1-3H3,(H,25,27). The number of hydrogen-bond acceptors (Lipinski definition) is 8. The summed E-state index contributed by atoms with van der Waals surface area (Å²) in [5, 5.41) is 17.2. The van der Waals surface area contributed by atoms with Crippen molar-refractivity contribution >= 4 is 27.1 Å². The number of sulfone groups is 1.